The van der Waals surface area contributed by atoms with Crippen LogP contribution >= 0.6 is 0 Å². The number of fused-ring (bicyclic) bond motifs is 2. The molecule has 0 aliphatic carbocycles. The van der Waals surface area contributed by atoms with Crippen molar-refractivity contribution in [2.75, 3.05) is 5.32 Å². The highest BCUT2D eigenvalue weighted by Crippen LogP contribution is 2.30. The molecule has 9 nitrogen and oxygen atoms in total. The molecule has 9 heteroatoms. The van der Waals surface area contributed by atoms with Crippen LogP contribution in [0.25, 0.3) is 22.2 Å². The zero-order valence-corrected chi connectivity index (χ0v) is 17.7. The van der Waals surface area contributed by atoms with Gasteiger partial charge < -0.3 is 9.88 Å². The largest absolute Gasteiger partial charge is 0.307 e. The highest BCUT2D eigenvalue weighted by Gasteiger charge is 2.23. The molecule has 0 unspecified atom stereocenters. The number of nitro benzene ring substituents is 1. The third-order valence-corrected chi connectivity index (χ3v) is 5.40. The van der Waals surface area contributed by atoms with Crippen molar-refractivity contribution in [3.8, 4) is 6.07 Å². The molecule has 5 rings (SSSR count). The van der Waals surface area contributed by atoms with Crippen LogP contribution in [0.3, 0.4) is 0 Å². The van der Waals surface area contributed by atoms with E-state index in [-0.39, 0.29) is 22.6 Å². The van der Waals surface area contributed by atoms with Gasteiger partial charge in [0.05, 0.1) is 22.5 Å². The second-order valence-corrected chi connectivity index (χ2v) is 7.55. The molecule has 2 aromatic heterocycles. The molecule has 1 N–H and O–H groups in total. The van der Waals surface area contributed by atoms with E-state index in [4.69, 9.17) is 4.98 Å². The number of benzene rings is 3. The van der Waals surface area contributed by atoms with Gasteiger partial charge in [0.1, 0.15) is 23.0 Å². The van der Waals surface area contributed by atoms with E-state index in [1.165, 1.54) is 24.3 Å². The fourth-order valence-electron chi connectivity index (χ4n) is 3.80. The summed E-state index contributed by atoms with van der Waals surface area (Å²) in [4.78, 5) is 33.0. The number of non-ortho nitro benzene ring substituents is 1. The van der Waals surface area contributed by atoms with E-state index in [1.54, 1.807) is 10.6 Å². The molecular weight excluding hydrogens is 432 g/mol. The molecule has 34 heavy (non-hydrogen) atoms. The number of hydrogen-bond acceptors (Lipinski definition) is 6. The molecule has 0 aliphatic heterocycles. The molecule has 0 bridgehead atoms. The number of para-hydroxylation sites is 2. The van der Waals surface area contributed by atoms with Crippen molar-refractivity contribution >= 4 is 39.6 Å². The summed E-state index contributed by atoms with van der Waals surface area (Å²) in [5.74, 6) is -0.352. The van der Waals surface area contributed by atoms with Crippen LogP contribution < -0.4 is 5.32 Å². The average Bonchev–Trinajstić information content (AvgIpc) is 3.14. The Balaban J connectivity index is 1.69. The average molecular weight is 448 g/mol. The van der Waals surface area contributed by atoms with Gasteiger partial charge >= 0.3 is 0 Å². The van der Waals surface area contributed by atoms with E-state index in [0.717, 1.165) is 5.56 Å². The van der Waals surface area contributed by atoms with Gasteiger partial charge in [0.15, 0.2) is 5.65 Å². The normalized spacial score (nSPS) is 10.8. The van der Waals surface area contributed by atoms with Gasteiger partial charge in [-0.15, -0.1) is 0 Å². The van der Waals surface area contributed by atoms with Gasteiger partial charge in [0.2, 0.25) is 0 Å². The predicted molar refractivity (Wildman–Crippen MR) is 126 cm³/mol. The van der Waals surface area contributed by atoms with Gasteiger partial charge in [-0.2, -0.15) is 5.26 Å². The van der Waals surface area contributed by atoms with Crippen LogP contribution in [0.15, 0.2) is 78.9 Å². The number of carbonyl (C=O) groups is 1. The summed E-state index contributed by atoms with van der Waals surface area (Å²) in [5, 5.41) is 23.9. The molecule has 0 fully saturated rings. The second-order valence-electron chi connectivity index (χ2n) is 7.55. The Morgan fingerprint density at radius 3 is 2.41 bits per heavy atom. The summed E-state index contributed by atoms with van der Waals surface area (Å²) in [6.07, 6.45) is 0. The first-order valence-electron chi connectivity index (χ1n) is 10.3. The minimum Gasteiger partial charge on any atom is -0.307 e. The number of rotatable bonds is 5. The number of nitrogens with zero attached hydrogens (tertiary/aromatic N) is 5. The zero-order chi connectivity index (χ0) is 23.7. The minimum atomic E-state index is -0.582. The van der Waals surface area contributed by atoms with E-state index in [1.807, 2.05) is 48.5 Å². The van der Waals surface area contributed by atoms with Crippen molar-refractivity contribution < 1.29 is 9.72 Å². The number of aromatic nitrogens is 3. The molecule has 0 aliphatic rings. The molecule has 0 saturated carbocycles. The number of hydrogen-bond donors (Lipinski definition) is 1. The maximum atomic E-state index is 13.1. The lowest BCUT2D eigenvalue weighted by Gasteiger charge is -2.12. The maximum absolute atomic E-state index is 13.1. The lowest BCUT2D eigenvalue weighted by atomic mass is 10.2. The molecule has 5 aromatic rings. The highest BCUT2D eigenvalue weighted by atomic mass is 16.6. The second kappa shape index (κ2) is 8.44. The molecule has 3 aromatic carbocycles. The lowest BCUT2D eigenvalue weighted by Crippen LogP contribution is -2.16. The van der Waals surface area contributed by atoms with Gasteiger partial charge in [0.25, 0.3) is 11.6 Å². The van der Waals surface area contributed by atoms with E-state index >= 15 is 0 Å². The van der Waals surface area contributed by atoms with E-state index in [2.05, 4.69) is 16.4 Å². The molecule has 0 spiro atoms. The number of nitrogens with one attached hydrogen (secondary N) is 1. The topological polar surface area (TPSA) is 127 Å². The Morgan fingerprint density at radius 1 is 1.00 bits per heavy atom. The first-order chi connectivity index (χ1) is 16.5. The Morgan fingerprint density at radius 2 is 1.71 bits per heavy atom. The van der Waals surface area contributed by atoms with E-state index < -0.39 is 10.8 Å². The SMILES string of the molecule is N#Cc1c(NC(=O)c2cccc([N+](=O)[O-])c2)n(Cc2ccccc2)c2nc3ccccc3nc12. The first kappa shape index (κ1) is 20.8. The number of amides is 1. The number of nitro groups is 1. The number of carbonyl (C=O) groups excluding carboxylic acids is 1. The Hall–Kier alpha value is -5.10. The molecule has 0 atom stereocenters. The fraction of sp³-hybridized carbons (Fsp3) is 0.0400. The van der Waals surface area contributed by atoms with Crippen LogP contribution in [0.1, 0.15) is 21.5 Å². The Labute approximate surface area is 193 Å². The predicted octanol–water partition coefficient (Wildman–Crippen LogP) is 4.66. The molecule has 0 saturated heterocycles. The van der Waals surface area contributed by atoms with Crippen LogP contribution in [-0.4, -0.2) is 25.4 Å². The van der Waals surface area contributed by atoms with Crippen molar-refractivity contribution in [2.24, 2.45) is 0 Å². The van der Waals surface area contributed by atoms with Crippen molar-refractivity contribution in [3.05, 3.63) is 106 Å². The van der Waals surface area contributed by atoms with Gasteiger partial charge in [-0.05, 0) is 23.8 Å². The van der Waals surface area contributed by atoms with Crippen LogP contribution in [0.4, 0.5) is 11.5 Å². The summed E-state index contributed by atoms with van der Waals surface area (Å²) in [7, 11) is 0. The van der Waals surface area contributed by atoms with Crippen molar-refractivity contribution in [3.63, 3.8) is 0 Å². The Bertz CT molecular complexity index is 1620. The third kappa shape index (κ3) is 3.69. The fourth-order valence-corrected chi connectivity index (χ4v) is 3.80. The van der Waals surface area contributed by atoms with Crippen molar-refractivity contribution in [1.29, 1.82) is 5.26 Å². The minimum absolute atomic E-state index is 0.0979. The van der Waals surface area contributed by atoms with Crippen LogP contribution in [0.5, 0.6) is 0 Å². The van der Waals surface area contributed by atoms with Gasteiger partial charge in [-0.3, -0.25) is 14.9 Å². The van der Waals surface area contributed by atoms with Crippen LogP contribution in [0, 0.1) is 21.4 Å². The van der Waals surface area contributed by atoms with Crippen LogP contribution in [0.2, 0.25) is 0 Å². The molecule has 0 radical (unpaired) electrons. The van der Waals surface area contributed by atoms with E-state index in [9.17, 15) is 20.2 Å². The smallest absolute Gasteiger partial charge is 0.270 e. The maximum Gasteiger partial charge on any atom is 0.270 e. The van der Waals surface area contributed by atoms with E-state index in [0.29, 0.717) is 28.7 Å². The summed E-state index contributed by atoms with van der Waals surface area (Å²) in [5.41, 5.74) is 3.10. The van der Waals surface area contributed by atoms with Gasteiger partial charge in [-0.1, -0.05) is 48.5 Å². The van der Waals surface area contributed by atoms with Gasteiger partial charge in [0, 0.05) is 17.7 Å². The highest BCUT2D eigenvalue weighted by molar-refractivity contribution is 6.07. The summed E-state index contributed by atoms with van der Waals surface area (Å²) in [6, 6.07) is 24.4. The standard InChI is InChI=1S/C25H16N6O3/c26-14-19-22-24(28-21-12-5-4-11-20(21)27-22)30(15-16-7-2-1-3-8-16)23(19)29-25(32)17-9-6-10-18(13-17)31(33)34/h1-13H,15H2,(H,29,32). The summed E-state index contributed by atoms with van der Waals surface area (Å²) in [6.45, 7) is 0.330. The molecule has 2 heterocycles. The number of anilines is 1. The first-order valence-corrected chi connectivity index (χ1v) is 10.3. The summed E-state index contributed by atoms with van der Waals surface area (Å²) < 4.78 is 1.73. The zero-order valence-electron chi connectivity index (χ0n) is 17.7. The third-order valence-electron chi connectivity index (χ3n) is 5.40. The molecule has 164 valence electrons. The molecule has 1 amide bonds. The van der Waals surface area contributed by atoms with Crippen molar-refractivity contribution in [2.45, 2.75) is 6.54 Å². The number of nitriles is 1. The lowest BCUT2D eigenvalue weighted by molar-refractivity contribution is -0.384. The van der Waals surface area contributed by atoms with Gasteiger partial charge in [-0.25, -0.2) is 9.97 Å². The summed E-state index contributed by atoms with van der Waals surface area (Å²) >= 11 is 0. The Kier molecular flexibility index (Phi) is 5.16. The molecular formula is C25H16N6O3. The van der Waals surface area contributed by atoms with Crippen LogP contribution in [-0.2, 0) is 6.54 Å². The van der Waals surface area contributed by atoms with Crippen molar-refractivity contribution in [1.82, 2.24) is 14.5 Å². The monoisotopic (exact) mass is 448 g/mol. The quantitative estimate of drug-likeness (QED) is 0.308.